The molecule has 0 aromatic heterocycles. The van der Waals surface area contributed by atoms with E-state index in [1.54, 1.807) is 24.3 Å². The first-order valence-electron chi connectivity index (χ1n) is 5.55. The summed E-state index contributed by atoms with van der Waals surface area (Å²) in [7, 11) is -2.05. The summed E-state index contributed by atoms with van der Waals surface area (Å²) in [5.74, 6) is -0.0405. The maximum absolute atomic E-state index is 11.7. The number of anilines is 1. The van der Waals surface area contributed by atoms with Crippen LogP contribution in [-0.2, 0) is 10.0 Å². The molecule has 0 aliphatic rings. The smallest absolute Gasteiger partial charge is 0.256 e. The summed E-state index contributed by atoms with van der Waals surface area (Å²) in [6, 6.07) is 6.48. The Balaban J connectivity index is 3.04. The maximum Gasteiger partial charge on any atom is 0.256 e. The molecular formula is C13H17NO3S. The Bertz CT molecular complexity index is 544. The number of rotatable bonds is 5. The maximum atomic E-state index is 11.7. The van der Waals surface area contributed by atoms with E-state index in [0.29, 0.717) is 11.3 Å². The van der Waals surface area contributed by atoms with Gasteiger partial charge in [0, 0.05) is 23.9 Å². The number of hydrogen-bond donors (Lipinski definition) is 0. The number of ketones is 1. The molecule has 0 N–H and O–H groups in total. The molecule has 0 unspecified atom stereocenters. The summed E-state index contributed by atoms with van der Waals surface area (Å²) in [5.41, 5.74) is 1.08. The van der Waals surface area contributed by atoms with E-state index < -0.39 is 10.0 Å². The highest BCUT2D eigenvalue weighted by Gasteiger charge is 2.15. The first-order valence-corrected chi connectivity index (χ1v) is 7.05. The third kappa shape index (κ3) is 2.98. The van der Waals surface area contributed by atoms with Crippen LogP contribution in [-0.4, -0.2) is 21.2 Å². The second-order valence-electron chi connectivity index (χ2n) is 4.24. The lowest BCUT2D eigenvalue weighted by Gasteiger charge is -2.17. The van der Waals surface area contributed by atoms with E-state index in [0.717, 1.165) is 9.71 Å². The minimum Gasteiger partial charge on any atom is -0.294 e. The highest BCUT2D eigenvalue weighted by molar-refractivity contribution is 7.95. The van der Waals surface area contributed by atoms with E-state index in [9.17, 15) is 13.2 Å². The van der Waals surface area contributed by atoms with Crippen LogP contribution in [0.1, 0.15) is 24.2 Å². The number of Topliss-reactive ketones (excluding diaryl/α,β-unsaturated/α-hetero) is 1. The molecule has 0 saturated carbocycles. The number of sulfonamides is 1. The number of benzene rings is 1. The number of carbonyl (C=O) groups excluding carboxylic acids is 1. The summed E-state index contributed by atoms with van der Waals surface area (Å²) in [5, 5.41) is 0.889. The fraction of sp³-hybridized carbons (Fsp3) is 0.308. The third-order valence-electron chi connectivity index (χ3n) is 2.63. The van der Waals surface area contributed by atoms with Crippen molar-refractivity contribution >= 4 is 21.5 Å². The molecule has 0 saturated heterocycles. The zero-order chi connectivity index (χ0) is 13.9. The lowest BCUT2D eigenvalue weighted by molar-refractivity contribution is 0.0939. The fourth-order valence-electron chi connectivity index (χ4n) is 1.43. The van der Waals surface area contributed by atoms with E-state index in [-0.39, 0.29) is 11.7 Å². The van der Waals surface area contributed by atoms with Crippen LogP contribution in [0.3, 0.4) is 0 Å². The molecule has 0 aliphatic carbocycles. The minimum atomic E-state index is -3.49. The Labute approximate surface area is 108 Å². The van der Waals surface area contributed by atoms with Gasteiger partial charge in [0.25, 0.3) is 10.0 Å². The van der Waals surface area contributed by atoms with Gasteiger partial charge in [0.05, 0.1) is 5.69 Å². The van der Waals surface area contributed by atoms with Crippen molar-refractivity contribution in [3.63, 3.8) is 0 Å². The monoisotopic (exact) mass is 267 g/mol. The third-order valence-corrected chi connectivity index (χ3v) is 4.03. The van der Waals surface area contributed by atoms with Crippen molar-refractivity contribution in [1.29, 1.82) is 0 Å². The van der Waals surface area contributed by atoms with Gasteiger partial charge in [-0.05, 0) is 24.3 Å². The molecule has 4 nitrogen and oxygen atoms in total. The lowest BCUT2D eigenvalue weighted by atomic mass is 10.0. The molecule has 0 atom stereocenters. The molecule has 0 bridgehead atoms. The zero-order valence-corrected chi connectivity index (χ0v) is 11.6. The highest BCUT2D eigenvalue weighted by atomic mass is 32.2. The van der Waals surface area contributed by atoms with Crippen LogP contribution in [0.25, 0.3) is 0 Å². The van der Waals surface area contributed by atoms with Crippen LogP contribution >= 0.6 is 0 Å². The quantitative estimate of drug-likeness (QED) is 0.770. The Hall–Kier alpha value is -1.62. The molecule has 1 aromatic rings. The normalized spacial score (nSPS) is 11.3. The van der Waals surface area contributed by atoms with Gasteiger partial charge in [0.2, 0.25) is 0 Å². The molecule has 0 fully saturated rings. The average molecular weight is 267 g/mol. The topological polar surface area (TPSA) is 54.5 Å². The Morgan fingerprint density at radius 3 is 2.17 bits per heavy atom. The molecule has 0 amide bonds. The van der Waals surface area contributed by atoms with Gasteiger partial charge in [-0.3, -0.25) is 9.10 Å². The van der Waals surface area contributed by atoms with Crippen molar-refractivity contribution in [1.82, 2.24) is 0 Å². The zero-order valence-electron chi connectivity index (χ0n) is 10.8. The second-order valence-corrected chi connectivity index (χ2v) is 6.16. The van der Waals surface area contributed by atoms with Crippen LogP contribution < -0.4 is 4.31 Å². The van der Waals surface area contributed by atoms with Crippen LogP contribution in [0.4, 0.5) is 5.69 Å². The minimum absolute atomic E-state index is 0.0378. The second kappa shape index (κ2) is 5.35. The predicted molar refractivity (Wildman–Crippen MR) is 73.1 cm³/mol. The summed E-state index contributed by atoms with van der Waals surface area (Å²) >= 11 is 0. The molecule has 1 aromatic carbocycles. The van der Waals surface area contributed by atoms with E-state index in [4.69, 9.17) is 0 Å². The average Bonchev–Trinajstić information content (AvgIpc) is 2.37. The molecule has 18 heavy (non-hydrogen) atoms. The van der Waals surface area contributed by atoms with Gasteiger partial charge in [-0.2, -0.15) is 0 Å². The summed E-state index contributed by atoms with van der Waals surface area (Å²) in [4.78, 5) is 11.7. The molecular weight excluding hydrogens is 250 g/mol. The largest absolute Gasteiger partial charge is 0.294 e. The molecule has 0 aliphatic heterocycles. The Kier molecular flexibility index (Phi) is 4.29. The van der Waals surface area contributed by atoms with Gasteiger partial charge in [0.1, 0.15) is 0 Å². The lowest BCUT2D eigenvalue weighted by Crippen LogP contribution is -2.23. The van der Waals surface area contributed by atoms with Crippen molar-refractivity contribution in [2.75, 3.05) is 11.4 Å². The SMILES string of the molecule is C=CS(=O)(=O)N(C)c1ccc(C(=O)C(C)C)cc1. The molecule has 1 rings (SSSR count). The summed E-state index contributed by atoms with van der Waals surface area (Å²) in [6.45, 7) is 6.91. The van der Waals surface area contributed by atoms with E-state index in [1.165, 1.54) is 7.05 Å². The molecule has 5 heteroatoms. The number of hydrogen-bond acceptors (Lipinski definition) is 3. The Morgan fingerprint density at radius 1 is 1.28 bits per heavy atom. The summed E-state index contributed by atoms with van der Waals surface area (Å²) in [6.07, 6.45) is 0. The van der Waals surface area contributed by atoms with Gasteiger partial charge in [-0.15, -0.1) is 0 Å². The molecule has 0 heterocycles. The van der Waals surface area contributed by atoms with E-state index in [2.05, 4.69) is 6.58 Å². The number of carbonyl (C=O) groups is 1. The predicted octanol–water partition coefficient (Wildman–Crippen LogP) is 2.43. The van der Waals surface area contributed by atoms with Crippen molar-refractivity contribution in [3.8, 4) is 0 Å². The van der Waals surface area contributed by atoms with Gasteiger partial charge in [0.15, 0.2) is 5.78 Å². The van der Waals surface area contributed by atoms with E-state index >= 15 is 0 Å². The molecule has 98 valence electrons. The van der Waals surface area contributed by atoms with Crippen molar-refractivity contribution in [2.24, 2.45) is 5.92 Å². The van der Waals surface area contributed by atoms with Crippen molar-refractivity contribution in [2.45, 2.75) is 13.8 Å². The van der Waals surface area contributed by atoms with Crippen LogP contribution in [0.5, 0.6) is 0 Å². The number of nitrogens with zero attached hydrogens (tertiary/aromatic N) is 1. The van der Waals surface area contributed by atoms with Crippen molar-refractivity contribution in [3.05, 3.63) is 41.8 Å². The van der Waals surface area contributed by atoms with Gasteiger partial charge >= 0.3 is 0 Å². The fourth-order valence-corrected chi connectivity index (χ4v) is 2.07. The van der Waals surface area contributed by atoms with Crippen LogP contribution in [0.15, 0.2) is 36.3 Å². The Morgan fingerprint density at radius 2 is 1.78 bits per heavy atom. The highest BCUT2D eigenvalue weighted by Crippen LogP contribution is 2.19. The molecule has 0 spiro atoms. The van der Waals surface area contributed by atoms with Gasteiger partial charge in [-0.1, -0.05) is 20.4 Å². The molecule has 0 radical (unpaired) electrons. The standard InChI is InChI=1S/C13H17NO3S/c1-5-18(16,17)14(4)12-8-6-11(7-9-12)13(15)10(2)3/h5-10H,1H2,2-4H3. The van der Waals surface area contributed by atoms with Crippen LogP contribution in [0.2, 0.25) is 0 Å². The van der Waals surface area contributed by atoms with Crippen molar-refractivity contribution < 1.29 is 13.2 Å². The van der Waals surface area contributed by atoms with Gasteiger partial charge in [-0.25, -0.2) is 8.42 Å². The summed E-state index contributed by atoms with van der Waals surface area (Å²) < 4.78 is 24.3. The van der Waals surface area contributed by atoms with E-state index in [1.807, 2.05) is 13.8 Å². The van der Waals surface area contributed by atoms with Crippen LogP contribution in [0, 0.1) is 5.92 Å². The first-order chi connectivity index (χ1) is 8.29. The van der Waals surface area contributed by atoms with Gasteiger partial charge < -0.3 is 0 Å². The first kappa shape index (κ1) is 14.4.